The quantitative estimate of drug-likeness (QED) is 0.779. The molecule has 0 aliphatic carbocycles. The smallest absolute Gasteiger partial charge is 0.0220 e. The van der Waals surface area contributed by atoms with Crippen molar-refractivity contribution in [3.8, 4) is 0 Å². The average Bonchev–Trinajstić information content (AvgIpc) is 2.46. The van der Waals surface area contributed by atoms with E-state index in [1.165, 1.54) is 58.3 Å². The van der Waals surface area contributed by atoms with E-state index < -0.39 is 0 Å². The highest BCUT2D eigenvalue weighted by Crippen LogP contribution is 2.30. The number of fused-ring (bicyclic) bond motifs is 1. The Morgan fingerprint density at radius 1 is 1.14 bits per heavy atom. The first-order valence-electron chi connectivity index (χ1n) is 9.26. The molecular formula is C18H37N3. The van der Waals surface area contributed by atoms with E-state index in [1.54, 1.807) is 0 Å². The van der Waals surface area contributed by atoms with Gasteiger partial charge >= 0.3 is 0 Å². The Kier molecular flexibility index (Phi) is 6.97. The van der Waals surface area contributed by atoms with E-state index in [2.05, 4.69) is 42.9 Å². The van der Waals surface area contributed by atoms with E-state index in [4.69, 9.17) is 0 Å². The summed E-state index contributed by atoms with van der Waals surface area (Å²) in [4.78, 5) is 5.43. The Morgan fingerprint density at radius 2 is 1.95 bits per heavy atom. The molecule has 0 spiro atoms. The molecule has 2 saturated heterocycles. The maximum Gasteiger partial charge on any atom is 0.0220 e. The lowest BCUT2D eigenvalue weighted by Crippen LogP contribution is -2.56. The van der Waals surface area contributed by atoms with Crippen LogP contribution in [0.2, 0.25) is 0 Å². The fourth-order valence-electron chi connectivity index (χ4n) is 4.30. The molecule has 0 saturated carbocycles. The molecule has 0 aromatic rings. The van der Waals surface area contributed by atoms with Crippen LogP contribution >= 0.6 is 0 Å². The van der Waals surface area contributed by atoms with Crippen molar-refractivity contribution in [3.63, 3.8) is 0 Å². The van der Waals surface area contributed by atoms with Crippen molar-refractivity contribution in [1.29, 1.82) is 0 Å². The zero-order chi connectivity index (χ0) is 15.2. The molecule has 3 unspecified atom stereocenters. The minimum absolute atomic E-state index is 0.752. The van der Waals surface area contributed by atoms with Crippen LogP contribution in [0.4, 0.5) is 0 Å². The Labute approximate surface area is 132 Å². The number of hydrogen-bond acceptors (Lipinski definition) is 3. The van der Waals surface area contributed by atoms with Gasteiger partial charge in [-0.05, 0) is 64.2 Å². The third-order valence-electron chi connectivity index (χ3n) is 5.45. The molecule has 2 fully saturated rings. The predicted molar refractivity (Wildman–Crippen MR) is 91.7 cm³/mol. The monoisotopic (exact) mass is 295 g/mol. The third kappa shape index (κ3) is 4.94. The Balaban J connectivity index is 1.85. The second kappa shape index (κ2) is 8.50. The number of hydrogen-bond donors (Lipinski definition) is 1. The van der Waals surface area contributed by atoms with Crippen LogP contribution in [0.5, 0.6) is 0 Å². The molecule has 0 aromatic carbocycles. The molecule has 2 aliphatic rings. The molecule has 2 heterocycles. The zero-order valence-corrected chi connectivity index (χ0v) is 14.8. The van der Waals surface area contributed by atoms with E-state index in [1.807, 2.05) is 0 Å². The van der Waals surface area contributed by atoms with Crippen molar-refractivity contribution in [1.82, 2.24) is 15.1 Å². The Hall–Kier alpha value is -0.120. The molecule has 2 rings (SSSR count). The maximum absolute atomic E-state index is 3.70. The summed E-state index contributed by atoms with van der Waals surface area (Å²) in [5.74, 6) is 1.67. The van der Waals surface area contributed by atoms with Crippen LogP contribution in [0, 0.1) is 11.8 Å². The van der Waals surface area contributed by atoms with Crippen LogP contribution in [0.25, 0.3) is 0 Å². The number of nitrogens with zero attached hydrogens (tertiary/aromatic N) is 2. The topological polar surface area (TPSA) is 18.5 Å². The summed E-state index contributed by atoms with van der Waals surface area (Å²) in [6.45, 7) is 13.2. The lowest BCUT2D eigenvalue weighted by atomic mass is 9.83. The van der Waals surface area contributed by atoms with Crippen LogP contribution < -0.4 is 5.32 Å². The Bertz CT molecular complexity index is 292. The zero-order valence-electron chi connectivity index (χ0n) is 14.8. The van der Waals surface area contributed by atoms with Gasteiger partial charge in [0.05, 0.1) is 0 Å². The first-order valence-corrected chi connectivity index (χ1v) is 9.26. The highest BCUT2D eigenvalue weighted by Gasteiger charge is 2.35. The molecule has 21 heavy (non-hydrogen) atoms. The van der Waals surface area contributed by atoms with Crippen molar-refractivity contribution in [3.05, 3.63) is 0 Å². The van der Waals surface area contributed by atoms with Gasteiger partial charge in [-0.1, -0.05) is 27.2 Å². The summed E-state index contributed by atoms with van der Waals surface area (Å²) in [5, 5.41) is 3.70. The molecule has 2 aliphatic heterocycles. The van der Waals surface area contributed by atoms with E-state index >= 15 is 0 Å². The van der Waals surface area contributed by atoms with Crippen molar-refractivity contribution in [2.45, 2.75) is 65.0 Å². The molecule has 1 N–H and O–H groups in total. The summed E-state index contributed by atoms with van der Waals surface area (Å²) in [7, 11) is 2.33. The van der Waals surface area contributed by atoms with E-state index in [0.717, 1.165) is 30.5 Å². The molecule has 3 heteroatoms. The first kappa shape index (κ1) is 17.2. The standard InChI is InChI=1S/C18H37N3/c1-5-7-17(13-19-12-15(2)3)21-11-9-18-16(14-21)8-6-10-20(18)4/h15-19H,5-14H2,1-4H3. The normalized spacial score (nSPS) is 29.6. The fraction of sp³-hybridized carbons (Fsp3) is 1.00. The van der Waals surface area contributed by atoms with Crippen LogP contribution in [-0.2, 0) is 0 Å². The summed E-state index contributed by atoms with van der Waals surface area (Å²) >= 11 is 0. The van der Waals surface area contributed by atoms with Gasteiger partial charge in [0.15, 0.2) is 0 Å². The predicted octanol–water partition coefficient (Wildman–Crippen LogP) is 2.82. The summed E-state index contributed by atoms with van der Waals surface area (Å²) in [5.41, 5.74) is 0. The summed E-state index contributed by atoms with van der Waals surface area (Å²) in [6, 6.07) is 1.61. The SMILES string of the molecule is CCCC(CNCC(C)C)N1CCC2C(CCCN2C)C1. The molecule has 0 amide bonds. The second-order valence-electron chi connectivity index (χ2n) is 7.73. The number of rotatable bonds is 7. The lowest BCUT2D eigenvalue weighted by molar-refractivity contribution is 0.0182. The first-order chi connectivity index (χ1) is 10.1. The third-order valence-corrected chi connectivity index (χ3v) is 5.45. The number of piperidine rings is 2. The van der Waals surface area contributed by atoms with Crippen LogP contribution in [0.1, 0.15) is 52.9 Å². The van der Waals surface area contributed by atoms with Crippen molar-refractivity contribution in [2.24, 2.45) is 11.8 Å². The van der Waals surface area contributed by atoms with Gasteiger partial charge in [-0.3, -0.25) is 4.90 Å². The minimum Gasteiger partial charge on any atom is -0.315 e. The molecule has 0 radical (unpaired) electrons. The molecular weight excluding hydrogens is 258 g/mol. The van der Waals surface area contributed by atoms with Gasteiger partial charge in [0.25, 0.3) is 0 Å². The van der Waals surface area contributed by atoms with Crippen molar-refractivity contribution < 1.29 is 0 Å². The molecule has 3 atom stereocenters. The Morgan fingerprint density at radius 3 is 2.67 bits per heavy atom. The van der Waals surface area contributed by atoms with Crippen LogP contribution in [0.15, 0.2) is 0 Å². The van der Waals surface area contributed by atoms with Crippen LogP contribution in [0.3, 0.4) is 0 Å². The molecule has 0 bridgehead atoms. The molecule has 124 valence electrons. The van der Waals surface area contributed by atoms with Gasteiger partial charge in [-0.15, -0.1) is 0 Å². The van der Waals surface area contributed by atoms with Gasteiger partial charge < -0.3 is 10.2 Å². The fourth-order valence-corrected chi connectivity index (χ4v) is 4.30. The summed E-state index contributed by atoms with van der Waals surface area (Å²) in [6.07, 6.45) is 6.88. The minimum atomic E-state index is 0.752. The van der Waals surface area contributed by atoms with Gasteiger partial charge in [0, 0.05) is 25.2 Å². The van der Waals surface area contributed by atoms with Gasteiger partial charge in [0.1, 0.15) is 0 Å². The second-order valence-corrected chi connectivity index (χ2v) is 7.73. The number of likely N-dealkylation sites (tertiary alicyclic amines) is 2. The van der Waals surface area contributed by atoms with E-state index in [-0.39, 0.29) is 0 Å². The van der Waals surface area contributed by atoms with Crippen LogP contribution in [-0.4, -0.2) is 61.7 Å². The number of nitrogens with one attached hydrogen (secondary N) is 1. The lowest BCUT2D eigenvalue weighted by Gasteiger charge is -2.48. The average molecular weight is 296 g/mol. The highest BCUT2D eigenvalue weighted by atomic mass is 15.2. The van der Waals surface area contributed by atoms with Gasteiger partial charge in [-0.25, -0.2) is 0 Å². The summed E-state index contributed by atoms with van der Waals surface area (Å²) < 4.78 is 0. The maximum atomic E-state index is 3.70. The van der Waals surface area contributed by atoms with Gasteiger partial charge in [0.2, 0.25) is 0 Å². The highest BCUT2D eigenvalue weighted by molar-refractivity contribution is 4.91. The van der Waals surface area contributed by atoms with Crippen molar-refractivity contribution in [2.75, 3.05) is 39.8 Å². The molecule has 3 nitrogen and oxygen atoms in total. The van der Waals surface area contributed by atoms with Gasteiger partial charge in [-0.2, -0.15) is 0 Å². The van der Waals surface area contributed by atoms with E-state index in [9.17, 15) is 0 Å². The van der Waals surface area contributed by atoms with Crippen molar-refractivity contribution >= 4 is 0 Å². The molecule has 0 aromatic heterocycles. The largest absolute Gasteiger partial charge is 0.315 e. The van der Waals surface area contributed by atoms with E-state index in [0.29, 0.717) is 0 Å².